The number of nitrogens with one attached hydrogen (secondary N) is 2. The van der Waals surface area contributed by atoms with Crippen LogP contribution >= 0.6 is 11.8 Å². The number of benzene rings is 1. The summed E-state index contributed by atoms with van der Waals surface area (Å²) in [6.45, 7) is 8.40. The molecular weight excluding hydrogens is 282 g/mol. The normalized spacial score (nSPS) is 10.9. The molecule has 0 unspecified atom stereocenters. The van der Waals surface area contributed by atoms with Crippen LogP contribution in [0.25, 0.3) is 0 Å². The number of thioether (sulfide) groups is 1. The molecule has 0 bridgehead atoms. The van der Waals surface area contributed by atoms with Crippen molar-refractivity contribution in [3.63, 3.8) is 0 Å². The molecule has 0 radical (unpaired) electrons. The lowest BCUT2D eigenvalue weighted by Gasteiger charge is -2.09. The molecule has 1 aromatic heterocycles. The van der Waals surface area contributed by atoms with Crippen LogP contribution in [0, 0.1) is 13.8 Å². The van der Waals surface area contributed by atoms with Crippen molar-refractivity contribution >= 4 is 23.4 Å². The lowest BCUT2D eigenvalue weighted by molar-refractivity contribution is 1.05. The molecule has 0 aliphatic carbocycles. The third-order valence-corrected chi connectivity index (χ3v) is 4.26. The molecule has 2 rings (SSSR count). The molecule has 1 heterocycles. The standard InChI is InChI=1S/C16H21N3OS/c1-10(2)21-9-14-8-15(20)19-16(18-14)17-13-6-5-11(3)12(4)7-13/h5-8,10H,9H2,1-4H3,(H2,17,18,19,20). The molecule has 0 amide bonds. The van der Waals surface area contributed by atoms with E-state index in [0.29, 0.717) is 11.2 Å². The summed E-state index contributed by atoms with van der Waals surface area (Å²) in [5.41, 5.74) is 4.03. The predicted molar refractivity (Wildman–Crippen MR) is 90.5 cm³/mol. The van der Waals surface area contributed by atoms with E-state index in [1.165, 1.54) is 11.1 Å². The Morgan fingerprint density at radius 2 is 2.00 bits per heavy atom. The molecule has 0 spiro atoms. The maximum absolute atomic E-state index is 11.7. The van der Waals surface area contributed by atoms with E-state index >= 15 is 0 Å². The zero-order valence-electron chi connectivity index (χ0n) is 12.9. The van der Waals surface area contributed by atoms with E-state index < -0.39 is 0 Å². The molecular formula is C16H21N3OS. The van der Waals surface area contributed by atoms with Crippen molar-refractivity contribution < 1.29 is 0 Å². The van der Waals surface area contributed by atoms with Crippen molar-refractivity contribution in [1.82, 2.24) is 9.97 Å². The second-order valence-corrected chi connectivity index (χ2v) is 6.93. The van der Waals surface area contributed by atoms with E-state index in [1.54, 1.807) is 17.8 Å². The van der Waals surface area contributed by atoms with Gasteiger partial charge in [0, 0.05) is 17.5 Å². The lowest BCUT2D eigenvalue weighted by atomic mass is 10.1. The largest absolute Gasteiger partial charge is 0.326 e. The summed E-state index contributed by atoms with van der Waals surface area (Å²) in [5, 5.41) is 3.68. The molecule has 1 aromatic carbocycles. The van der Waals surface area contributed by atoms with E-state index in [0.717, 1.165) is 17.1 Å². The molecule has 0 fully saturated rings. The average molecular weight is 303 g/mol. The average Bonchev–Trinajstić information content (AvgIpc) is 2.40. The van der Waals surface area contributed by atoms with E-state index in [4.69, 9.17) is 0 Å². The van der Waals surface area contributed by atoms with Crippen LogP contribution in [0.15, 0.2) is 29.1 Å². The van der Waals surface area contributed by atoms with Crippen LogP contribution in [0.4, 0.5) is 11.6 Å². The van der Waals surface area contributed by atoms with Gasteiger partial charge in [0.05, 0.1) is 5.69 Å². The Kier molecular flexibility index (Phi) is 5.07. The van der Waals surface area contributed by atoms with E-state index in [-0.39, 0.29) is 5.56 Å². The van der Waals surface area contributed by atoms with Crippen LogP contribution in [0.5, 0.6) is 0 Å². The van der Waals surface area contributed by atoms with Gasteiger partial charge in [-0.2, -0.15) is 11.8 Å². The van der Waals surface area contributed by atoms with Gasteiger partial charge in [-0.05, 0) is 42.4 Å². The highest BCUT2D eigenvalue weighted by Crippen LogP contribution is 2.18. The zero-order chi connectivity index (χ0) is 15.4. The predicted octanol–water partition coefficient (Wildman–Crippen LogP) is 3.77. The molecule has 0 aliphatic rings. The summed E-state index contributed by atoms with van der Waals surface area (Å²) in [4.78, 5) is 18.9. The first-order chi connectivity index (χ1) is 9.94. The van der Waals surface area contributed by atoms with E-state index in [2.05, 4.69) is 43.0 Å². The van der Waals surface area contributed by atoms with E-state index in [1.807, 2.05) is 18.2 Å². The highest BCUT2D eigenvalue weighted by Gasteiger charge is 2.04. The lowest BCUT2D eigenvalue weighted by Crippen LogP contribution is -2.12. The number of hydrogen-bond donors (Lipinski definition) is 2. The van der Waals surface area contributed by atoms with Gasteiger partial charge in [0.1, 0.15) is 0 Å². The molecule has 0 aliphatic heterocycles. The van der Waals surface area contributed by atoms with Crippen molar-refractivity contribution in [3.8, 4) is 0 Å². The fourth-order valence-electron chi connectivity index (χ4n) is 1.85. The Hall–Kier alpha value is -1.75. The third kappa shape index (κ3) is 4.63. The molecule has 112 valence electrons. The zero-order valence-corrected chi connectivity index (χ0v) is 13.7. The monoisotopic (exact) mass is 303 g/mol. The highest BCUT2D eigenvalue weighted by molar-refractivity contribution is 7.99. The minimum absolute atomic E-state index is 0.129. The van der Waals surface area contributed by atoms with Gasteiger partial charge >= 0.3 is 0 Å². The molecule has 4 nitrogen and oxygen atoms in total. The van der Waals surface area contributed by atoms with Crippen molar-refractivity contribution in [2.24, 2.45) is 0 Å². The number of aryl methyl sites for hydroxylation is 2. The van der Waals surface area contributed by atoms with E-state index in [9.17, 15) is 4.79 Å². The maximum atomic E-state index is 11.7. The van der Waals surface area contributed by atoms with Crippen LogP contribution in [0.2, 0.25) is 0 Å². The Bertz CT molecular complexity index is 679. The minimum Gasteiger partial charge on any atom is -0.326 e. The van der Waals surface area contributed by atoms with Crippen LogP contribution < -0.4 is 10.9 Å². The van der Waals surface area contributed by atoms with Crippen LogP contribution in [-0.2, 0) is 5.75 Å². The van der Waals surface area contributed by atoms with Crippen molar-refractivity contribution in [3.05, 3.63) is 51.4 Å². The number of rotatable bonds is 5. The maximum Gasteiger partial charge on any atom is 0.252 e. The molecule has 0 atom stereocenters. The summed E-state index contributed by atoms with van der Waals surface area (Å²) in [6, 6.07) is 7.64. The van der Waals surface area contributed by atoms with Crippen LogP contribution in [0.3, 0.4) is 0 Å². The second-order valence-electron chi connectivity index (χ2n) is 5.37. The first kappa shape index (κ1) is 15.6. The number of anilines is 2. The number of aromatic amines is 1. The van der Waals surface area contributed by atoms with Gasteiger partial charge in [0.2, 0.25) is 5.95 Å². The molecule has 0 saturated heterocycles. The third-order valence-electron chi connectivity index (χ3n) is 3.13. The number of hydrogen-bond acceptors (Lipinski definition) is 4. The van der Waals surface area contributed by atoms with Gasteiger partial charge < -0.3 is 5.32 Å². The van der Waals surface area contributed by atoms with Gasteiger partial charge in [-0.25, -0.2) is 4.98 Å². The summed E-state index contributed by atoms with van der Waals surface area (Å²) < 4.78 is 0. The summed E-state index contributed by atoms with van der Waals surface area (Å²) in [5.74, 6) is 1.23. The fourth-order valence-corrected chi connectivity index (χ4v) is 2.50. The Balaban J connectivity index is 2.19. The van der Waals surface area contributed by atoms with Crippen molar-refractivity contribution in [1.29, 1.82) is 0 Å². The van der Waals surface area contributed by atoms with Gasteiger partial charge in [0.15, 0.2) is 0 Å². The Morgan fingerprint density at radius 3 is 2.67 bits per heavy atom. The van der Waals surface area contributed by atoms with Crippen molar-refractivity contribution in [2.45, 2.75) is 38.7 Å². The smallest absolute Gasteiger partial charge is 0.252 e. The Labute approximate surface area is 129 Å². The van der Waals surface area contributed by atoms with Gasteiger partial charge in [-0.1, -0.05) is 19.9 Å². The minimum atomic E-state index is -0.129. The van der Waals surface area contributed by atoms with Crippen molar-refractivity contribution in [2.75, 3.05) is 5.32 Å². The Morgan fingerprint density at radius 1 is 1.24 bits per heavy atom. The van der Waals surface area contributed by atoms with Crippen LogP contribution in [-0.4, -0.2) is 15.2 Å². The first-order valence-electron chi connectivity index (χ1n) is 7.00. The SMILES string of the molecule is Cc1ccc(Nc2nc(CSC(C)C)cc(=O)[nH]2)cc1C. The molecule has 0 saturated carbocycles. The summed E-state index contributed by atoms with van der Waals surface area (Å²) >= 11 is 1.77. The number of nitrogens with zero attached hydrogens (tertiary/aromatic N) is 1. The van der Waals surface area contributed by atoms with Crippen LogP contribution in [0.1, 0.15) is 30.7 Å². The second kappa shape index (κ2) is 6.80. The summed E-state index contributed by atoms with van der Waals surface area (Å²) in [7, 11) is 0. The summed E-state index contributed by atoms with van der Waals surface area (Å²) in [6.07, 6.45) is 0. The van der Waals surface area contributed by atoms with Gasteiger partial charge in [-0.15, -0.1) is 0 Å². The topological polar surface area (TPSA) is 57.8 Å². The quantitative estimate of drug-likeness (QED) is 0.882. The number of aromatic nitrogens is 2. The fraction of sp³-hybridized carbons (Fsp3) is 0.375. The molecule has 5 heteroatoms. The van der Waals surface area contributed by atoms with Gasteiger partial charge in [0.25, 0.3) is 5.56 Å². The molecule has 21 heavy (non-hydrogen) atoms. The molecule has 2 N–H and O–H groups in total. The highest BCUT2D eigenvalue weighted by atomic mass is 32.2. The molecule has 2 aromatic rings. The first-order valence-corrected chi connectivity index (χ1v) is 8.05. The number of H-pyrrole nitrogens is 1. The van der Waals surface area contributed by atoms with Gasteiger partial charge in [-0.3, -0.25) is 9.78 Å².